The van der Waals surface area contributed by atoms with Crippen LogP contribution in [-0.2, 0) is 13.0 Å². The van der Waals surface area contributed by atoms with E-state index in [9.17, 15) is 0 Å². The summed E-state index contributed by atoms with van der Waals surface area (Å²) in [6, 6.07) is 11.9. The first-order valence-electron chi connectivity index (χ1n) is 6.92. The maximum Gasteiger partial charge on any atom is 0.165 e. The number of para-hydroxylation sites is 1. The SMILES string of the molecule is CC1(C)Cc2cccc(OCc3ccc(Br)c(N)c3)c2O1. The first-order valence-corrected chi connectivity index (χ1v) is 7.71. The molecule has 3 nitrogen and oxygen atoms in total. The van der Waals surface area contributed by atoms with Gasteiger partial charge < -0.3 is 15.2 Å². The van der Waals surface area contributed by atoms with Crippen molar-refractivity contribution in [1.29, 1.82) is 0 Å². The van der Waals surface area contributed by atoms with Crippen LogP contribution in [-0.4, -0.2) is 5.60 Å². The fourth-order valence-corrected chi connectivity index (χ4v) is 2.79. The van der Waals surface area contributed by atoms with E-state index in [0.29, 0.717) is 12.3 Å². The number of nitrogen functional groups attached to an aromatic ring is 1. The molecule has 0 saturated carbocycles. The van der Waals surface area contributed by atoms with Crippen molar-refractivity contribution in [1.82, 2.24) is 0 Å². The molecule has 0 radical (unpaired) electrons. The lowest BCUT2D eigenvalue weighted by Crippen LogP contribution is -2.24. The number of nitrogens with two attached hydrogens (primary N) is 1. The molecule has 3 rings (SSSR count). The van der Waals surface area contributed by atoms with Gasteiger partial charge in [-0.05, 0) is 53.5 Å². The zero-order chi connectivity index (χ0) is 15.0. The summed E-state index contributed by atoms with van der Waals surface area (Å²) < 4.78 is 12.8. The standard InChI is InChI=1S/C17H18BrNO2/c1-17(2)9-12-4-3-5-15(16(12)21-17)20-10-11-6-7-13(18)14(19)8-11/h3-8H,9-10,19H2,1-2H3. The van der Waals surface area contributed by atoms with Gasteiger partial charge in [-0.15, -0.1) is 0 Å². The highest BCUT2D eigenvalue weighted by Gasteiger charge is 2.32. The monoisotopic (exact) mass is 347 g/mol. The van der Waals surface area contributed by atoms with E-state index in [1.165, 1.54) is 5.56 Å². The quantitative estimate of drug-likeness (QED) is 0.840. The Labute approximate surface area is 133 Å². The molecule has 0 bridgehead atoms. The largest absolute Gasteiger partial charge is 0.485 e. The smallest absolute Gasteiger partial charge is 0.165 e. The number of anilines is 1. The van der Waals surface area contributed by atoms with E-state index in [1.54, 1.807) is 0 Å². The lowest BCUT2D eigenvalue weighted by atomic mass is 10.0. The van der Waals surface area contributed by atoms with Crippen molar-refractivity contribution in [3.8, 4) is 11.5 Å². The van der Waals surface area contributed by atoms with E-state index in [-0.39, 0.29) is 5.60 Å². The summed E-state index contributed by atoms with van der Waals surface area (Å²) in [5, 5.41) is 0. The predicted molar refractivity (Wildman–Crippen MR) is 87.7 cm³/mol. The minimum Gasteiger partial charge on any atom is -0.485 e. The highest BCUT2D eigenvalue weighted by molar-refractivity contribution is 9.10. The van der Waals surface area contributed by atoms with E-state index in [2.05, 4.69) is 35.8 Å². The number of ether oxygens (including phenoxy) is 2. The summed E-state index contributed by atoms with van der Waals surface area (Å²) in [6.07, 6.45) is 0.908. The maximum atomic E-state index is 6.00. The topological polar surface area (TPSA) is 44.5 Å². The van der Waals surface area contributed by atoms with Crippen LogP contribution in [0.4, 0.5) is 5.69 Å². The van der Waals surface area contributed by atoms with Gasteiger partial charge in [0.1, 0.15) is 12.2 Å². The van der Waals surface area contributed by atoms with Crippen molar-refractivity contribution in [2.45, 2.75) is 32.5 Å². The van der Waals surface area contributed by atoms with Crippen LogP contribution in [0.1, 0.15) is 25.0 Å². The van der Waals surface area contributed by atoms with E-state index in [0.717, 1.165) is 28.0 Å². The molecule has 0 unspecified atom stereocenters. The van der Waals surface area contributed by atoms with Crippen molar-refractivity contribution in [2.75, 3.05) is 5.73 Å². The summed E-state index contributed by atoms with van der Waals surface area (Å²) in [6.45, 7) is 4.65. The fourth-order valence-electron chi connectivity index (χ4n) is 2.55. The zero-order valence-electron chi connectivity index (χ0n) is 12.2. The van der Waals surface area contributed by atoms with Crippen molar-refractivity contribution >= 4 is 21.6 Å². The molecule has 2 N–H and O–H groups in total. The summed E-state index contributed by atoms with van der Waals surface area (Å²) in [4.78, 5) is 0. The van der Waals surface area contributed by atoms with Crippen LogP contribution in [0, 0.1) is 0 Å². The number of benzene rings is 2. The molecule has 0 saturated heterocycles. The number of hydrogen-bond donors (Lipinski definition) is 1. The van der Waals surface area contributed by atoms with Gasteiger partial charge in [0.2, 0.25) is 0 Å². The Hall–Kier alpha value is -1.68. The molecule has 0 amide bonds. The third kappa shape index (κ3) is 3.00. The van der Waals surface area contributed by atoms with Crippen LogP contribution in [0.15, 0.2) is 40.9 Å². The van der Waals surface area contributed by atoms with Gasteiger partial charge in [0.15, 0.2) is 11.5 Å². The number of fused-ring (bicyclic) bond motifs is 1. The van der Waals surface area contributed by atoms with Crippen LogP contribution in [0.3, 0.4) is 0 Å². The van der Waals surface area contributed by atoms with Gasteiger partial charge in [-0.25, -0.2) is 0 Å². The second-order valence-electron chi connectivity index (χ2n) is 5.93. The van der Waals surface area contributed by atoms with E-state index >= 15 is 0 Å². The van der Waals surface area contributed by atoms with E-state index in [4.69, 9.17) is 15.2 Å². The van der Waals surface area contributed by atoms with Crippen LogP contribution in [0.2, 0.25) is 0 Å². The van der Waals surface area contributed by atoms with Crippen LogP contribution in [0.25, 0.3) is 0 Å². The Morgan fingerprint density at radius 3 is 2.86 bits per heavy atom. The second-order valence-corrected chi connectivity index (χ2v) is 6.78. The fraction of sp³-hybridized carbons (Fsp3) is 0.294. The lowest BCUT2D eigenvalue weighted by molar-refractivity contribution is 0.131. The molecule has 2 aromatic carbocycles. The van der Waals surface area contributed by atoms with Crippen LogP contribution >= 0.6 is 15.9 Å². The number of halogens is 1. The molecule has 1 aliphatic rings. The van der Waals surface area contributed by atoms with Gasteiger partial charge in [-0.2, -0.15) is 0 Å². The van der Waals surface area contributed by atoms with Gasteiger partial charge in [0.05, 0.1) is 0 Å². The minimum absolute atomic E-state index is 0.163. The summed E-state index contributed by atoms with van der Waals surface area (Å²) in [7, 11) is 0. The summed E-state index contributed by atoms with van der Waals surface area (Å²) in [5.74, 6) is 1.66. The lowest BCUT2D eigenvalue weighted by Gasteiger charge is -2.18. The molecule has 4 heteroatoms. The number of hydrogen-bond acceptors (Lipinski definition) is 3. The summed E-state index contributed by atoms with van der Waals surface area (Å²) >= 11 is 3.39. The highest BCUT2D eigenvalue weighted by Crippen LogP contribution is 2.42. The molecule has 2 aromatic rings. The molecular weight excluding hydrogens is 330 g/mol. The third-order valence-electron chi connectivity index (χ3n) is 3.51. The van der Waals surface area contributed by atoms with E-state index in [1.807, 2.05) is 30.3 Å². The average Bonchev–Trinajstić information content (AvgIpc) is 2.74. The Morgan fingerprint density at radius 1 is 1.29 bits per heavy atom. The molecule has 1 aliphatic heterocycles. The van der Waals surface area contributed by atoms with Gasteiger partial charge in [-0.3, -0.25) is 0 Å². The maximum absolute atomic E-state index is 6.00. The van der Waals surface area contributed by atoms with Gasteiger partial charge in [-0.1, -0.05) is 18.2 Å². The van der Waals surface area contributed by atoms with Gasteiger partial charge in [0, 0.05) is 22.1 Å². The zero-order valence-corrected chi connectivity index (χ0v) is 13.7. The second kappa shape index (κ2) is 5.26. The van der Waals surface area contributed by atoms with Crippen molar-refractivity contribution in [3.05, 3.63) is 52.0 Å². The normalized spacial score (nSPS) is 15.4. The Kier molecular flexibility index (Phi) is 3.57. The molecule has 21 heavy (non-hydrogen) atoms. The molecule has 0 spiro atoms. The van der Waals surface area contributed by atoms with Crippen LogP contribution < -0.4 is 15.2 Å². The summed E-state index contributed by atoms with van der Waals surface area (Å²) in [5.41, 5.74) is 8.67. The van der Waals surface area contributed by atoms with Crippen molar-refractivity contribution in [3.63, 3.8) is 0 Å². The molecule has 110 valence electrons. The minimum atomic E-state index is -0.163. The Bertz CT molecular complexity index is 682. The third-order valence-corrected chi connectivity index (χ3v) is 4.23. The molecular formula is C17H18BrNO2. The number of rotatable bonds is 3. The highest BCUT2D eigenvalue weighted by atomic mass is 79.9. The first-order chi connectivity index (χ1) is 9.94. The first kappa shape index (κ1) is 14.3. The van der Waals surface area contributed by atoms with Crippen molar-refractivity contribution < 1.29 is 9.47 Å². The molecule has 0 fully saturated rings. The van der Waals surface area contributed by atoms with Crippen LogP contribution in [0.5, 0.6) is 11.5 Å². The van der Waals surface area contributed by atoms with Gasteiger partial charge >= 0.3 is 0 Å². The average molecular weight is 348 g/mol. The Balaban J connectivity index is 1.78. The molecule has 0 atom stereocenters. The van der Waals surface area contributed by atoms with Gasteiger partial charge in [0.25, 0.3) is 0 Å². The molecule has 1 heterocycles. The Morgan fingerprint density at radius 2 is 2.10 bits per heavy atom. The molecule has 0 aliphatic carbocycles. The van der Waals surface area contributed by atoms with Crippen molar-refractivity contribution in [2.24, 2.45) is 0 Å². The van der Waals surface area contributed by atoms with E-state index < -0.39 is 0 Å². The molecule has 0 aromatic heterocycles. The predicted octanol–water partition coefficient (Wildman–Crippen LogP) is 4.32.